The molecule has 0 saturated carbocycles. The highest BCUT2D eigenvalue weighted by atomic mass is 127. The van der Waals surface area contributed by atoms with Gasteiger partial charge < -0.3 is 10.6 Å². The van der Waals surface area contributed by atoms with Gasteiger partial charge in [0.2, 0.25) is 0 Å². The van der Waals surface area contributed by atoms with Crippen LogP contribution in [0.3, 0.4) is 0 Å². The third kappa shape index (κ3) is 5.91. The van der Waals surface area contributed by atoms with E-state index in [0.717, 1.165) is 25.6 Å². The lowest BCUT2D eigenvalue weighted by molar-refractivity contribution is 0.598. The summed E-state index contributed by atoms with van der Waals surface area (Å²) in [6, 6.07) is 4.03. The summed E-state index contributed by atoms with van der Waals surface area (Å²) in [6.07, 6.45) is 3.74. The van der Waals surface area contributed by atoms with Crippen molar-refractivity contribution in [1.29, 1.82) is 0 Å². The third-order valence-corrected chi connectivity index (χ3v) is 3.27. The van der Waals surface area contributed by atoms with E-state index in [4.69, 9.17) is 0 Å². The van der Waals surface area contributed by atoms with Gasteiger partial charge in [-0.2, -0.15) is 16.4 Å². The molecule has 0 radical (unpaired) electrons. The summed E-state index contributed by atoms with van der Waals surface area (Å²) in [5, 5.41) is 14.9. The van der Waals surface area contributed by atoms with E-state index < -0.39 is 0 Å². The van der Waals surface area contributed by atoms with Gasteiger partial charge in [0.05, 0.1) is 13.1 Å². The van der Waals surface area contributed by atoms with E-state index in [-0.39, 0.29) is 24.0 Å². The lowest BCUT2D eigenvalue weighted by Gasteiger charge is -2.11. The zero-order valence-corrected chi connectivity index (χ0v) is 14.6. The summed E-state index contributed by atoms with van der Waals surface area (Å²) in [6.45, 7) is 5.26. The molecule has 5 nitrogen and oxygen atoms in total. The molecule has 2 rings (SSSR count). The minimum Gasteiger partial charge on any atom is -0.357 e. The van der Waals surface area contributed by atoms with Crippen molar-refractivity contribution in [3.8, 4) is 0 Å². The largest absolute Gasteiger partial charge is 0.357 e. The molecule has 2 N–H and O–H groups in total. The van der Waals surface area contributed by atoms with Crippen LogP contribution in [-0.2, 0) is 13.1 Å². The maximum Gasteiger partial charge on any atom is 0.191 e. The lowest BCUT2D eigenvalue weighted by Crippen LogP contribution is -2.38. The molecule has 0 bridgehead atoms. The van der Waals surface area contributed by atoms with E-state index in [1.165, 1.54) is 5.56 Å². The normalized spacial score (nSPS) is 10.9. The van der Waals surface area contributed by atoms with E-state index in [9.17, 15) is 0 Å². The number of aromatic nitrogens is 2. The third-order valence-electron chi connectivity index (χ3n) is 2.54. The van der Waals surface area contributed by atoms with Crippen molar-refractivity contribution in [2.45, 2.75) is 20.0 Å². The summed E-state index contributed by atoms with van der Waals surface area (Å²) in [4.78, 5) is 4.55. The number of rotatable bonds is 6. The van der Waals surface area contributed by atoms with Crippen molar-refractivity contribution in [3.05, 3.63) is 40.8 Å². The van der Waals surface area contributed by atoms with Crippen LogP contribution in [0.4, 0.5) is 0 Å². The molecule has 0 aromatic carbocycles. The number of thiophene rings is 1. The highest BCUT2D eigenvalue weighted by Gasteiger charge is 1.98. The molecule has 0 aliphatic carbocycles. The van der Waals surface area contributed by atoms with Crippen LogP contribution in [0.5, 0.6) is 0 Å². The summed E-state index contributed by atoms with van der Waals surface area (Å²) < 4.78 is 1.90. The quantitative estimate of drug-likeness (QED) is 0.441. The van der Waals surface area contributed by atoms with Crippen LogP contribution in [-0.4, -0.2) is 28.8 Å². The van der Waals surface area contributed by atoms with Crippen LogP contribution in [0.25, 0.3) is 0 Å². The molecule has 0 spiro atoms. The van der Waals surface area contributed by atoms with Gasteiger partial charge in [-0.3, -0.25) is 4.68 Å². The number of aliphatic imine (C=N–C) groups is 1. The summed E-state index contributed by atoms with van der Waals surface area (Å²) in [5.41, 5.74) is 1.24. The van der Waals surface area contributed by atoms with Crippen molar-refractivity contribution >= 4 is 41.3 Å². The Morgan fingerprint density at radius 3 is 3.00 bits per heavy atom. The second kappa shape index (κ2) is 9.76. The molecular formula is C13H20IN5S. The zero-order chi connectivity index (χ0) is 13.3. The molecule has 0 aliphatic heterocycles. The van der Waals surface area contributed by atoms with Gasteiger partial charge in [0.25, 0.3) is 0 Å². The molecule has 0 fully saturated rings. The average molecular weight is 405 g/mol. The van der Waals surface area contributed by atoms with E-state index in [2.05, 4.69) is 44.5 Å². The fraction of sp³-hybridized carbons (Fsp3) is 0.385. The van der Waals surface area contributed by atoms with Crippen LogP contribution >= 0.6 is 35.3 Å². The van der Waals surface area contributed by atoms with Gasteiger partial charge in [0.1, 0.15) is 0 Å². The predicted molar refractivity (Wildman–Crippen MR) is 94.8 cm³/mol. The smallest absolute Gasteiger partial charge is 0.191 e. The van der Waals surface area contributed by atoms with Gasteiger partial charge in [-0.25, -0.2) is 4.99 Å². The summed E-state index contributed by atoms with van der Waals surface area (Å²) >= 11 is 1.70. The van der Waals surface area contributed by atoms with Gasteiger partial charge in [-0.15, -0.1) is 24.0 Å². The van der Waals surface area contributed by atoms with Gasteiger partial charge >= 0.3 is 0 Å². The summed E-state index contributed by atoms with van der Waals surface area (Å²) in [7, 11) is 0. The van der Waals surface area contributed by atoms with Crippen molar-refractivity contribution in [1.82, 2.24) is 20.4 Å². The average Bonchev–Trinajstić information content (AvgIpc) is 3.09. The first-order valence-corrected chi connectivity index (χ1v) is 7.33. The van der Waals surface area contributed by atoms with Gasteiger partial charge in [-0.05, 0) is 35.4 Å². The number of hydrogen-bond acceptors (Lipinski definition) is 3. The molecule has 0 aliphatic rings. The maximum absolute atomic E-state index is 4.55. The fourth-order valence-corrected chi connectivity index (χ4v) is 2.28. The Bertz CT molecular complexity index is 481. The van der Waals surface area contributed by atoms with Gasteiger partial charge in [0.15, 0.2) is 5.96 Å². The highest BCUT2D eigenvalue weighted by Crippen LogP contribution is 2.06. The Hall–Kier alpha value is -1.09. The standard InChI is InChI=1S/C13H19N5S.HI/c1-2-14-13(16-10-12-4-9-19-11-12)15-6-8-18-7-3-5-17-18;/h3-5,7,9,11H,2,6,8,10H2,1H3,(H2,14,15,16);1H. The SMILES string of the molecule is CCNC(=NCc1ccsc1)NCCn1cccn1.I. The molecule has 0 saturated heterocycles. The van der Waals surface area contributed by atoms with Crippen molar-refractivity contribution in [3.63, 3.8) is 0 Å². The molecular weight excluding hydrogens is 385 g/mol. The Labute approximate surface area is 140 Å². The van der Waals surface area contributed by atoms with Crippen LogP contribution < -0.4 is 10.6 Å². The first kappa shape index (κ1) is 17.0. The van der Waals surface area contributed by atoms with Crippen molar-refractivity contribution in [2.24, 2.45) is 4.99 Å². The van der Waals surface area contributed by atoms with Crippen LogP contribution in [0.15, 0.2) is 40.3 Å². The van der Waals surface area contributed by atoms with Crippen LogP contribution in [0.2, 0.25) is 0 Å². The van der Waals surface area contributed by atoms with E-state index in [1.807, 2.05) is 16.9 Å². The first-order chi connectivity index (χ1) is 9.38. The minimum absolute atomic E-state index is 0. The second-order valence-electron chi connectivity index (χ2n) is 4.02. The number of nitrogens with zero attached hydrogens (tertiary/aromatic N) is 3. The Balaban J connectivity index is 0.00000200. The molecule has 7 heteroatoms. The molecule has 2 heterocycles. The molecule has 110 valence electrons. The zero-order valence-electron chi connectivity index (χ0n) is 11.5. The number of halogens is 1. The number of guanidine groups is 1. The topological polar surface area (TPSA) is 54.2 Å². The van der Waals surface area contributed by atoms with Crippen molar-refractivity contribution in [2.75, 3.05) is 13.1 Å². The molecule has 0 amide bonds. The van der Waals surface area contributed by atoms with E-state index in [0.29, 0.717) is 6.54 Å². The van der Waals surface area contributed by atoms with Crippen molar-refractivity contribution < 1.29 is 0 Å². The fourth-order valence-electron chi connectivity index (χ4n) is 1.62. The monoisotopic (exact) mass is 405 g/mol. The number of nitrogens with one attached hydrogen (secondary N) is 2. The first-order valence-electron chi connectivity index (χ1n) is 6.39. The van der Waals surface area contributed by atoms with Gasteiger partial charge in [-0.1, -0.05) is 0 Å². The van der Waals surface area contributed by atoms with Crippen LogP contribution in [0, 0.1) is 0 Å². The highest BCUT2D eigenvalue weighted by molar-refractivity contribution is 14.0. The van der Waals surface area contributed by atoms with Gasteiger partial charge in [0, 0.05) is 25.5 Å². The van der Waals surface area contributed by atoms with E-state index in [1.54, 1.807) is 17.5 Å². The number of hydrogen-bond donors (Lipinski definition) is 2. The molecule has 0 unspecified atom stereocenters. The summed E-state index contributed by atoms with van der Waals surface area (Å²) in [5.74, 6) is 0.848. The maximum atomic E-state index is 4.55. The minimum atomic E-state index is 0. The lowest BCUT2D eigenvalue weighted by atomic mass is 10.3. The molecule has 2 aromatic rings. The Morgan fingerprint density at radius 2 is 2.35 bits per heavy atom. The molecule has 20 heavy (non-hydrogen) atoms. The van der Waals surface area contributed by atoms with E-state index >= 15 is 0 Å². The van der Waals surface area contributed by atoms with Crippen LogP contribution in [0.1, 0.15) is 12.5 Å². The molecule has 0 atom stereocenters. The second-order valence-corrected chi connectivity index (χ2v) is 4.80. The molecule has 2 aromatic heterocycles. The predicted octanol–water partition coefficient (Wildman–Crippen LogP) is 2.32. The Kier molecular flexibility index (Phi) is 8.28. The Morgan fingerprint density at radius 1 is 1.45 bits per heavy atom.